The fourth-order valence-electron chi connectivity index (χ4n) is 1.63. The van der Waals surface area contributed by atoms with E-state index in [0.717, 1.165) is 18.8 Å². The molecule has 1 N–H and O–H groups in total. The molecule has 1 fully saturated rings. The molecule has 0 atom stereocenters. The van der Waals surface area contributed by atoms with E-state index in [-0.39, 0.29) is 5.91 Å². The van der Waals surface area contributed by atoms with Gasteiger partial charge in [-0.2, -0.15) is 0 Å². The normalized spacial score (nSPS) is 16.7. The number of rotatable bonds is 4. The van der Waals surface area contributed by atoms with Crippen LogP contribution in [0, 0.1) is 0 Å². The van der Waals surface area contributed by atoms with Crippen molar-refractivity contribution in [3.8, 4) is 0 Å². The van der Waals surface area contributed by atoms with Crippen molar-refractivity contribution in [2.45, 2.75) is 6.54 Å². The number of nitrogens with one attached hydrogen (secondary N) is 1. The molecule has 6 nitrogen and oxygen atoms in total. The molecule has 1 aliphatic rings. The van der Waals surface area contributed by atoms with Crippen molar-refractivity contribution >= 4 is 5.91 Å². The first-order valence-corrected chi connectivity index (χ1v) is 5.66. The predicted molar refractivity (Wildman–Crippen MR) is 61.1 cm³/mol. The van der Waals surface area contributed by atoms with Crippen LogP contribution in [0.1, 0.15) is 5.69 Å². The molecule has 6 heteroatoms. The van der Waals surface area contributed by atoms with Crippen LogP contribution in [0.15, 0.2) is 18.6 Å². The summed E-state index contributed by atoms with van der Waals surface area (Å²) in [5.74, 6) is 0.0116. The van der Waals surface area contributed by atoms with Crippen molar-refractivity contribution in [2.75, 3.05) is 32.8 Å². The van der Waals surface area contributed by atoms with Gasteiger partial charge in [-0.15, -0.1) is 0 Å². The van der Waals surface area contributed by atoms with Crippen molar-refractivity contribution in [3.63, 3.8) is 0 Å². The van der Waals surface area contributed by atoms with Gasteiger partial charge in [-0.25, -0.2) is 0 Å². The van der Waals surface area contributed by atoms with E-state index < -0.39 is 0 Å². The van der Waals surface area contributed by atoms with E-state index in [0.29, 0.717) is 26.3 Å². The number of hydrogen-bond donors (Lipinski definition) is 1. The maximum Gasteiger partial charge on any atom is 0.234 e. The number of carbonyl (C=O) groups is 1. The third-order valence-electron chi connectivity index (χ3n) is 2.55. The summed E-state index contributed by atoms with van der Waals surface area (Å²) >= 11 is 0. The van der Waals surface area contributed by atoms with Crippen LogP contribution in [-0.4, -0.2) is 53.6 Å². The lowest BCUT2D eigenvalue weighted by atomic mass is 10.4. The number of carbonyl (C=O) groups excluding carboxylic acids is 1. The first-order valence-electron chi connectivity index (χ1n) is 5.66. The number of hydrogen-bond acceptors (Lipinski definition) is 5. The van der Waals surface area contributed by atoms with Gasteiger partial charge in [-0.1, -0.05) is 0 Å². The van der Waals surface area contributed by atoms with Crippen LogP contribution in [0.2, 0.25) is 0 Å². The van der Waals surface area contributed by atoms with Gasteiger partial charge >= 0.3 is 0 Å². The van der Waals surface area contributed by atoms with E-state index >= 15 is 0 Å². The van der Waals surface area contributed by atoms with Gasteiger partial charge in [-0.05, 0) is 0 Å². The Bertz CT molecular complexity index is 352. The largest absolute Gasteiger partial charge is 0.379 e. The summed E-state index contributed by atoms with van der Waals surface area (Å²) in [6, 6.07) is 0. The Morgan fingerprint density at radius 3 is 2.94 bits per heavy atom. The zero-order chi connectivity index (χ0) is 11.9. The SMILES string of the molecule is O=C(CN1CCOCC1)NCc1cnccn1. The fraction of sp³-hybridized carbons (Fsp3) is 0.545. The number of nitrogens with zero attached hydrogens (tertiary/aromatic N) is 3. The summed E-state index contributed by atoms with van der Waals surface area (Å²) in [5.41, 5.74) is 0.767. The fourth-order valence-corrected chi connectivity index (χ4v) is 1.63. The first kappa shape index (κ1) is 11.9. The highest BCUT2D eigenvalue weighted by molar-refractivity contribution is 5.77. The number of aromatic nitrogens is 2. The third-order valence-corrected chi connectivity index (χ3v) is 2.55. The van der Waals surface area contributed by atoms with Gasteiger partial charge < -0.3 is 10.1 Å². The molecule has 1 aromatic rings. The Balaban J connectivity index is 1.70. The van der Waals surface area contributed by atoms with Gasteiger partial charge in [0.1, 0.15) is 0 Å². The molecule has 2 heterocycles. The van der Waals surface area contributed by atoms with Gasteiger partial charge in [0.15, 0.2) is 0 Å². The van der Waals surface area contributed by atoms with E-state index in [1.165, 1.54) is 0 Å². The smallest absolute Gasteiger partial charge is 0.234 e. The maximum absolute atomic E-state index is 11.6. The maximum atomic E-state index is 11.6. The minimum Gasteiger partial charge on any atom is -0.379 e. The summed E-state index contributed by atoms with van der Waals surface area (Å²) in [5, 5.41) is 2.82. The molecule has 92 valence electrons. The lowest BCUT2D eigenvalue weighted by Gasteiger charge is -2.25. The molecule has 0 aliphatic carbocycles. The van der Waals surface area contributed by atoms with Crippen LogP contribution < -0.4 is 5.32 Å². The third kappa shape index (κ3) is 4.08. The highest BCUT2D eigenvalue weighted by Gasteiger charge is 2.13. The molecule has 0 bridgehead atoms. The Labute approximate surface area is 100 Å². The minimum absolute atomic E-state index is 0.0116. The van der Waals surface area contributed by atoms with Gasteiger partial charge in [-0.3, -0.25) is 19.7 Å². The van der Waals surface area contributed by atoms with E-state index in [9.17, 15) is 4.79 Å². The van der Waals surface area contributed by atoms with Crippen molar-refractivity contribution in [3.05, 3.63) is 24.3 Å². The molecule has 1 amide bonds. The van der Waals surface area contributed by atoms with E-state index in [2.05, 4.69) is 20.2 Å². The Hall–Kier alpha value is -1.53. The topological polar surface area (TPSA) is 67.3 Å². The van der Waals surface area contributed by atoms with Crippen molar-refractivity contribution in [1.29, 1.82) is 0 Å². The number of morpholine rings is 1. The average Bonchev–Trinajstić information content (AvgIpc) is 2.39. The average molecular weight is 236 g/mol. The molecular formula is C11H16N4O2. The predicted octanol–water partition coefficient (Wildman–Crippen LogP) is -0.575. The summed E-state index contributed by atoms with van der Waals surface area (Å²) in [6.45, 7) is 3.90. The zero-order valence-electron chi connectivity index (χ0n) is 9.63. The summed E-state index contributed by atoms with van der Waals surface area (Å²) < 4.78 is 5.22. The highest BCUT2D eigenvalue weighted by Crippen LogP contribution is 1.96. The molecule has 2 rings (SSSR count). The molecule has 17 heavy (non-hydrogen) atoms. The standard InChI is InChI=1S/C11H16N4O2/c16-11(9-15-3-5-17-6-4-15)14-8-10-7-12-1-2-13-10/h1-2,7H,3-6,8-9H2,(H,14,16). The first-order chi connectivity index (χ1) is 8.34. The summed E-state index contributed by atoms with van der Waals surface area (Å²) in [4.78, 5) is 21.7. The second-order valence-electron chi connectivity index (χ2n) is 3.86. The second kappa shape index (κ2) is 6.27. The van der Waals surface area contributed by atoms with Gasteiger partial charge in [0.25, 0.3) is 0 Å². The Morgan fingerprint density at radius 2 is 2.24 bits per heavy atom. The molecule has 0 unspecified atom stereocenters. The number of amides is 1. The molecule has 1 aromatic heterocycles. The quantitative estimate of drug-likeness (QED) is 0.758. The summed E-state index contributed by atoms with van der Waals surface area (Å²) in [6.07, 6.45) is 4.87. The highest BCUT2D eigenvalue weighted by atomic mass is 16.5. The van der Waals surface area contributed by atoms with Crippen LogP contribution in [0.5, 0.6) is 0 Å². The molecule has 0 spiro atoms. The Kier molecular flexibility index (Phi) is 4.40. The van der Waals surface area contributed by atoms with Crippen LogP contribution in [0.3, 0.4) is 0 Å². The number of ether oxygens (including phenoxy) is 1. The second-order valence-corrected chi connectivity index (χ2v) is 3.86. The van der Waals surface area contributed by atoms with E-state index in [1.54, 1.807) is 18.6 Å². The summed E-state index contributed by atoms with van der Waals surface area (Å²) in [7, 11) is 0. The van der Waals surface area contributed by atoms with Gasteiger partial charge in [0, 0.05) is 25.5 Å². The molecule has 1 saturated heterocycles. The van der Waals surface area contributed by atoms with E-state index in [4.69, 9.17) is 4.74 Å². The van der Waals surface area contributed by atoms with Gasteiger partial charge in [0.05, 0.1) is 38.2 Å². The van der Waals surface area contributed by atoms with Crippen LogP contribution in [0.25, 0.3) is 0 Å². The Morgan fingerprint density at radius 1 is 1.41 bits per heavy atom. The van der Waals surface area contributed by atoms with Crippen LogP contribution in [-0.2, 0) is 16.1 Å². The molecule has 1 aliphatic heterocycles. The molecule has 0 aromatic carbocycles. The van der Waals surface area contributed by atoms with Crippen LogP contribution >= 0.6 is 0 Å². The monoisotopic (exact) mass is 236 g/mol. The van der Waals surface area contributed by atoms with Crippen LogP contribution in [0.4, 0.5) is 0 Å². The molecule has 0 saturated carbocycles. The zero-order valence-corrected chi connectivity index (χ0v) is 9.63. The lowest BCUT2D eigenvalue weighted by molar-refractivity contribution is -0.123. The minimum atomic E-state index is 0.0116. The molecule has 0 radical (unpaired) electrons. The van der Waals surface area contributed by atoms with Crippen molar-refractivity contribution in [2.24, 2.45) is 0 Å². The molecular weight excluding hydrogens is 220 g/mol. The van der Waals surface area contributed by atoms with Crippen molar-refractivity contribution < 1.29 is 9.53 Å². The van der Waals surface area contributed by atoms with Gasteiger partial charge in [0.2, 0.25) is 5.91 Å². The van der Waals surface area contributed by atoms with Crippen molar-refractivity contribution in [1.82, 2.24) is 20.2 Å². The lowest BCUT2D eigenvalue weighted by Crippen LogP contribution is -2.43. The van der Waals surface area contributed by atoms with E-state index in [1.807, 2.05) is 0 Å².